The van der Waals surface area contributed by atoms with Gasteiger partial charge in [-0.2, -0.15) is 0 Å². The molecule has 3 rings (SSSR count). The molecule has 1 N–H and O–H groups in total. The molecule has 0 aliphatic heterocycles. The number of halogens is 1. The van der Waals surface area contributed by atoms with Crippen molar-refractivity contribution in [2.75, 3.05) is 11.0 Å². The van der Waals surface area contributed by atoms with Crippen LogP contribution in [0.2, 0.25) is 5.02 Å². The van der Waals surface area contributed by atoms with Crippen molar-refractivity contribution in [2.45, 2.75) is 36.1 Å². The average Bonchev–Trinajstić information content (AvgIpc) is 2.71. The smallest absolute Gasteiger partial charge is 0.195 e. The summed E-state index contributed by atoms with van der Waals surface area (Å²) in [6, 6.07) is 16.0. The third-order valence-electron chi connectivity index (χ3n) is 4.60. The minimum Gasteiger partial charge on any atom is -0.325 e. The van der Waals surface area contributed by atoms with Crippen molar-refractivity contribution >= 4 is 44.9 Å². The van der Waals surface area contributed by atoms with E-state index in [-0.39, 0.29) is 21.8 Å². The fourth-order valence-corrected chi connectivity index (χ4v) is 4.28. The van der Waals surface area contributed by atoms with Crippen molar-refractivity contribution in [1.29, 1.82) is 0 Å². The number of pyridine rings is 1. The number of rotatable bonds is 6. The highest BCUT2D eigenvalue weighted by Crippen LogP contribution is 2.30. The van der Waals surface area contributed by atoms with Crippen LogP contribution in [0.25, 0.3) is 0 Å². The van der Waals surface area contributed by atoms with E-state index in [0.29, 0.717) is 16.3 Å². The molecule has 5 nitrogen and oxygen atoms in total. The third-order valence-corrected chi connectivity index (χ3v) is 6.65. The van der Waals surface area contributed by atoms with E-state index in [9.17, 15) is 13.2 Å². The van der Waals surface area contributed by atoms with Crippen LogP contribution in [0.4, 0.5) is 5.69 Å². The molecule has 0 atom stereocenters. The van der Waals surface area contributed by atoms with E-state index in [4.69, 9.17) is 11.6 Å². The van der Waals surface area contributed by atoms with Gasteiger partial charge in [-0.15, -0.1) is 0 Å². The van der Waals surface area contributed by atoms with Gasteiger partial charge < -0.3 is 4.72 Å². The maximum Gasteiger partial charge on any atom is 0.195 e. The maximum atomic E-state index is 13.1. The van der Waals surface area contributed by atoms with E-state index >= 15 is 0 Å². The van der Waals surface area contributed by atoms with Crippen LogP contribution < -0.4 is 4.72 Å². The predicted molar refractivity (Wildman–Crippen MR) is 127 cm³/mol. The molecule has 0 aliphatic carbocycles. The first-order valence-corrected chi connectivity index (χ1v) is 12.6. The minimum absolute atomic E-state index is 0.0712. The van der Waals surface area contributed by atoms with Gasteiger partial charge in [0.05, 0.1) is 5.69 Å². The topological polar surface area (TPSA) is 76.1 Å². The summed E-state index contributed by atoms with van der Waals surface area (Å²) >= 11 is 7.51. The molecule has 0 saturated carbocycles. The normalized spacial score (nSPS) is 11.9. The zero-order valence-electron chi connectivity index (χ0n) is 17.6. The Bertz CT molecular complexity index is 1220. The Morgan fingerprint density at radius 3 is 2.32 bits per heavy atom. The first-order chi connectivity index (χ1) is 14.4. The molecule has 0 amide bonds. The van der Waals surface area contributed by atoms with E-state index in [1.165, 1.54) is 35.8 Å². The van der Waals surface area contributed by atoms with E-state index < -0.39 is 9.84 Å². The van der Waals surface area contributed by atoms with Crippen LogP contribution in [0.5, 0.6) is 0 Å². The highest BCUT2D eigenvalue weighted by atomic mass is 35.5. The largest absolute Gasteiger partial charge is 0.325 e. The number of anilines is 1. The monoisotopic (exact) mass is 474 g/mol. The summed E-state index contributed by atoms with van der Waals surface area (Å²) in [7, 11) is -3.53. The number of hydrogen-bond acceptors (Lipinski definition) is 6. The molecular formula is C23H23ClN2O3S2. The van der Waals surface area contributed by atoms with Crippen molar-refractivity contribution in [2.24, 2.45) is 0 Å². The number of benzene rings is 2. The van der Waals surface area contributed by atoms with Gasteiger partial charge >= 0.3 is 0 Å². The lowest BCUT2D eigenvalue weighted by Crippen LogP contribution is -2.10. The van der Waals surface area contributed by atoms with Gasteiger partial charge in [-0.05, 0) is 65.4 Å². The SMILES string of the molecule is CC(C)(C)c1ccc(SNc2ccc(Cl)cc2C(=O)c2ccnc(S(C)(=O)=O)c2)cc1. The second kappa shape index (κ2) is 9.02. The van der Waals surface area contributed by atoms with Crippen LogP contribution in [0.1, 0.15) is 42.3 Å². The lowest BCUT2D eigenvalue weighted by molar-refractivity contribution is 0.103. The minimum atomic E-state index is -3.53. The summed E-state index contributed by atoms with van der Waals surface area (Å²) in [5.41, 5.74) is 2.45. The molecule has 0 unspecified atom stereocenters. The Balaban J connectivity index is 1.87. The summed E-state index contributed by atoms with van der Waals surface area (Å²) < 4.78 is 26.8. The molecule has 0 aliphatic rings. The standard InChI is InChI=1S/C23H23ClN2O3S2/c1-23(2,3)16-5-8-18(9-6-16)30-26-20-10-7-17(24)14-19(20)22(27)15-11-12-25-21(13-15)31(4,28)29/h5-14,26H,1-4H3. The molecule has 3 aromatic rings. The number of carbonyl (C=O) groups excluding carboxylic acids is 1. The number of nitrogens with zero attached hydrogens (tertiary/aromatic N) is 1. The first-order valence-electron chi connectivity index (χ1n) is 9.49. The van der Waals surface area contributed by atoms with Gasteiger partial charge in [-0.3, -0.25) is 4.79 Å². The Morgan fingerprint density at radius 1 is 1.03 bits per heavy atom. The van der Waals surface area contributed by atoms with Gasteiger partial charge in [0.2, 0.25) is 0 Å². The summed E-state index contributed by atoms with van der Waals surface area (Å²) in [5.74, 6) is -0.346. The molecule has 2 aromatic carbocycles. The van der Waals surface area contributed by atoms with Gasteiger partial charge in [-0.25, -0.2) is 13.4 Å². The fourth-order valence-electron chi connectivity index (χ4n) is 2.84. The van der Waals surface area contributed by atoms with Gasteiger partial charge in [0, 0.05) is 33.5 Å². The highest BCUT2D eigenvalue weighted by Gasteiger charge is 2.18. The van der Waals surface area contributed by atoms with Crippen molar-refractivity contribution in [1.82, 2.24) is 4.98 Å². The van der Waals surface area contributed by atoms with Crippen molar-refractivity contribution in [3.8, 4) is 0 Å². The molecule has 0 saturated heterocycles. The molecule has 0 spiro atoms. The Morgan fingerprint density at radius 2 is 1.71 bits per heavy atom. The quantitative estimate of drug-likeness (QED) is 0.360. The van der Waals surface area contributed by atoms with E-state index in [1.807, 2.05) is 12.1 Å². The predicted octanol–water partition coefficient (Wildman–Crippen LogP) is 5.79. The van der Waals surface area contributed by atoms with Gasteiger partial charge in [0.15, 0.2) is 20.6 Å². The van der Waals surface area contributed by atoms with Crippen molar-refractivity contribution in [3.63, 3.8) is 0 Å². The molecule has 162 valence electrons. The molecule has 1 aromatic heterocycles. The summed E-state index contributed by atoms with van der Waals surface area (Å²) in [6.45, 7) is 6.48. The van der Waals surface area contributed by atoms with Crippen LogP contribution in [0.15, 0.2) is 70.7 Å². The number of hydrogen-bond donors (Lipinski definition) is 1. The zero-order chi connectivity index (χ0) is 22.8. The number of ketones is 1. The van der Waals surface area contributed by atoms with Crippen LogP contribution in [0, 0.1) is 0 Å². The Labute approximate surface area is 192 Å². The second-order valence-electron chi connectivity index (χ2n) is 8.15. The van der Waals surface area contributed by atoms with Gasteiger partial charge in [0.1, 0.15) is 0 Å². The molecule has 0 bridgehead atoms. The number of aromatic nitrogens is 1. The van der Waals surface area contributed by atoms with Crippen LogP contribution >= 0.6 is 23.5 Å². The first kappa shape index (κ1) is 23.3. The lowest BCUT2D eigenvalue weighted by atomic mass is 9.87. The zero-order valence-corrected chi connectivity index (χ0v) is 20.0. The Kier molecular flexibility index (Phi) is 6.79. The maximum absolute atomic E-state index is 13.1. The average molecular weight is 475 g/mol. The molecule has 0 fully saturated rings. The molecule has 31 heavy (non-hydrogen) atoms. The molecule has 8 heteroatoms. The number of nitrogens with one attached hydrogen (secondary N) is 1. The summed E-state index contributed by atoms with van der Waals surface area (Å²) in [5, 5.41) is 0.258. The van der Waals surface area contributed by atoms with Crippen LogP contribution in [-0.2, 0) is 15.3 Å². The van der Waals surface area contributed by atoms with E-state index in [2.05, 4.69) is 42.6 Å². The van der Waals surface area contributed by atoms with Gasteiger partial charge in [-0.1, -0.05) is 44.5 Å². The number of sulfone groups is 1. The van der Waals surface area contributed by atoms with Crippen LogP contribution in [-0.4, -0.2) is 25.4 Å². The fraction of sp³-hybridized carbons (Fsp3) is 0.217. The number of carbonyl (C=O) groups is 1. The molecule has 0 radical (unpaired) electrons. The molecular weight excluding hydrogens is 452 g/mol. The van der Waals surface area contributed by atoms with Gasteiger partial charge in [0.25, 0.3) is 0 Å². The highest BCUT2D eigenvalue weighted by molar-refractivity contribution is 8.00. The van der Waals surface area contributed by atoms with E-state index in [1.54, 1.807) is 18.2 Å². The van der Waals surface area contributed by atoms with Crippen molar-refractivity contribution in [3.05, 3.63) is 82.5 Å². The van der Waals surface area contributed by atoms with Crippen LogP contribution in [0.3, 0.4) is 0 Å². The summed E-state index contributed by atoms with van der Waals surface area (Å²) in [6.07, 6.45) is 2.37. The lowest BCUT2D eigenvalue weighted by Gasteiger charge is -2.19. The Hall–Kier alpha value is -2.35. The summed E-state index contributed by atoms with van der Waals surface area (Å²) in [4.78, 5) is 18.0. The van der Waals surface area contributed by atoms with Crippen molar-refractivity contribution < 1.29 is 13.2 Å². The third kappa shape index (κ3) is 5.87. The van der Waals surface area contributed by atoms with E-state index in [0.717, 1.165) is 11.2 Å². The molecule has 1 heterocycles. The second-order valence-corrected chi connectivity index (χ2v) is 11.4.